The average molecular weight is 360 g/mol. The van der Waals surface area contributed by atoms with Crippen molar-refractivity contribution in [2.75, 3.05) is 33.2 Å². The molecule has 2 aromatic rings. The van der Waals surface area contributed by atoms with E-state index in [4.69, 9.17) is 4.74 Å². The second-order valence-corrected chi connectivity index (χ2v) is 6.48. The van der Waals surface area contributed by atoms with Gasteiger partial charge in [0, 0.05) is 25.7 Å². The monoisotopic (exact) mass is 360 g/mol. The highest BCUT2D eigenvalue weighted by molar-refractivity contribution is 7.17. The molecule has 0 saturated heterocycles. The SMILES string of the molecule is COC(=O)/C=C(/C(=O)OC)c1sc(N(C)C)nc1-c1ccc(C)cc1. The Labute approximate surface area is 150 Å². The molecule has 1 heterocycles. The molecular weight excluding hydrogens is 340 g/mol. The third-order valence-corrected chi connectivity index (χ3v) is 4.69. The molecule has 0 aliphatic heterocycles. The van der Waals surface area contributed by atoms with E-state index in [-0.39, 0.29) is 5.57 Å². The molecule has 1 aromatic heterocycles. The number of thiazole rings is 1. The number of hydrogen-bond acceptors (Lipinski definition) is 7. The number of carbonyl (C=O) groups is 2. The molecule has 0 fully saturated rings. The van der Waals surface area contributed by atoms with Gasteiger partial charge in [-0.05, 0) is 6.92 Å². The zero-order chi connectivity index (χ0) is 18.6. The van der Waals surface area contributed by atoms with Crippen molar-refractivity contribution in [2.24, 2.45) is 0 Å². The molecule has 0 aliphatic rings. The lowest BCUT2D eigenvalue weighted by atomic mass is 10.1. The van der Waals surface area contributed by atoms with Gasteiger partial charge in [0.25, 0.3) is 0 Å². The number of esters is 2. The van der Waals surface area contributed by atoms with Crippen molar-refractivity contribution in [3.8, 4) is 11.3 Å². The van der Waals surface area contributed by atoms with Crippen LogP contribution in [0.3, 0.4) is 0 Å². The quantitative estimate of drug-likeness (QED) is 0.603. The summed E-state index contributed by atoms with van der Waals surface area (Å²) in [6.07, 6.45) is 1.14. The van der Waals surface area contributed by atoms with Crippen molar-refractivity contribution in [1.82, 2.24) is 4.98 Å². The molecule has 0 unspecified atom stereocenters. The number of methoxy groups -OCH3 is 2. The maximum atomic E-state index is 12.2. The van der Waals surface area contributed by atoms with E-state index in [1.807, 2.05) is 50.2 Å². The minimum atomic E-state index is -0.630. The molecule has 0 saturated carbocycles. The number of anilines is 1. The molecule has 1 aromatic carbocycles. The van der Waals surface area contributed by atoms with Crippen molar-refractivity contribution >= 4 is 34.0 Å². The van der Waals surface area contributed by atoms with Crippen LogP contribution in [0.1, 0.15) is 10.4 Å². The maximum absolute atomic E-state index is 12.2. The molecule has 25 heavy (non-hydrogen) atoms. The fourth-order valence-electron chi connectivity index (χ4n) is 2.09. The summed E-state index contributed by atoms with van der Waals surface area (Å²) in [6, 6.07) is 7.80. The smallest absolute Gasteiger partial charge is 0.339 e. The Morgan fingerprint density at radius 1 is 1.12 bits per heavy atom. The van der Waals surface area contributed by atoms with Crippen LogP contribution < -0.4 is 4.90 Å². The van der Waals surface area contributed by atoms with Crippen molar-refractivity contribution < 1.29 is 19.1 Å². The molecule has 6 nitrogen and oxygen atoms in total. The largest absolute Gasteiger partial charge is 0.466 e. The van der Waals surface area contributed by atoms with Gasteiger partial charge < -0.3 is 14.4 Å². The van der Waals surface area contributed by atoms with Gasteiger partial charge in [-0.2, -0.15) is 0 Å². The predicted octanol–water partition coefficient (Wildman–Crippen LogP) is 2.91. The molecule has 0 bridgehead atoms. The lowest BCUT2D eigenvalue weighted by Crippen LogP contribution is -2.07. The van der Waals surface area contributed by atoms with Gasteiger partial charge in [-0.25, -0.2) is 14.6 Å². The molecular formula is C18H20N2O4S. The van der Waals surface area contributed by atoms with E-state index in [0.717, 1.165) is 17.2 Å². The number of aryl methyl sites for hydroxylation is 1. The summed E-state index contributed by atoms with van der Waals surface area (Å²) in [5, 5.41) is 0.713. The number of carbonyl (C=O) groups excluding carboxylic acids is 2. The summed E-state index contributed by atoms with van der Waals surface area (Å²) in [6.45, 7) is 1.99. The Balaban J connectivity index is 2.68. The third-order valence-electron chi connectivity index (χ3n) is 3.44. The average Bonchev–Trinajstić information content (AvgIpc) is 3.04. The maximum Gasteiger partial charge on any atom is 0.339 e. The lowest BCUT2D eigenvalue weighted by molar-refractivity contribution is -0.136. The first-order chi connectivity index (χ1) is 11.9. The lowest BCUT2D eigenvalue weighted by Gasteiger charge is -2.06. The number of hydrogen-bond donors (Lipinski definition) is 0. The summed E-state index contributed by atoms with van der Waals surface area (Å²) >= 11 is 1.31. The minimum absolute atomic E-state index is 0.121. The molecule has 0 N–H and O–H groups in total. The Morgan fingerprint density at radius 3 is 2.28 bits per heavy atom. The molecule has 2 rings (SSSR count). The summed E-state index contributed by atoms with van der Waals surface area (Å²) in [7, 11) is 6.26. The molecule has 0 amide bonds. The van der Waals surface area contributed by atoms with Gasteiger partial charge in [0.15, 0.2) is 5.13 Å². The van der Waals surface area contributed by atoms with E-state index in [1.165, 1.54) is 25.6 Å². The van der Waals surface area contributed by atoms with Crippen molar-refractivity contribution in [3.05, 3.63) is 40.8 Å². The highest BCUT2D eigenvalue weighted by Gasteiger charge is 2.24. The second-order valence-electron chi connectivity index (χ2n) is 5.51. The normalized spacial score (nSPS) is 11.2. The van der Waals surface area contributed by atoms with Gasteiger partial charge in [-0.1, -0.05) is 41.2 Å². The Kier molecular flexibility index (Phi) is 5.93. The highest BCUT2D eigenvalue weighted by Crippen LogP contribution is 2.37. The Bertz CT molecular complexity index is 807. The van der Waals surface area contributed by atoms with E-state index in [2.05, 4.69) is 9.72 Å². The van der Waals surface area contributed by atoms with Gasteiger partial charge in [0.1, 0.15) is 0 Å². The highest BCUT2D eigenvalue weighted by atomic mass is 32.1. The van der Waals surface area contributed by atoms with Crippen LogP contribution in [0.25, 0.3) is 16.8 Å². The molecule has 132 valence electrons. The third kappa shape index (κ3) is 4.24. The van der Waals surface area contributed by atoms with E-state index >= 15 is 0 Å². The van der Waals surface area contributed by atoms with Crippen LogP contribution in [0, 0.1) is 6.92 Å². The van der Waals surface area contributed by atoms with Gasteiger partial charge in [-0.15, -0.1) is 0 Å². The molecule has 0 spiro atoms. The van der Waals surface area contributed by atoms with Gasteiger partial charge in [-0.3, -0.25) is 0 Å². The van der Waals surface area contributed by atoms with Gasteiger partial charge in [0.05, 0.1) is 30.4 Å². The topological polar surface area (TPSA) is 68.7 Å². The van der Waals surface area contributed by atoms with Crippen LogP contribution in [0.2, 0.25) is 0 Å². The fourth-order valence-corrected chi connectivity index (χ4v) is 3.11. The summed E-state index contributed by atoms with van der Waals surface area (Å²) in [5.41, 5.74) is 2.71. The van der Waals surface area contributed by atoms with E-state index in [1.54, 1.807) is 0 Å². The number of ether oxygens (including phenoxy) is 2. The predicted molar refractivity (Wildman–Crippen MR) is 98.6 cm³/mol. The van der Waals surface area contributed by atoms with Crippen molar-refractivity contribution in [3.63, 3.8) is 0 Å². The van der Waals surface area contributed by atoms with Crippen molar-refractivity contribution in [2.45, 2.75) is 6.92 Å². The van der Waals surface area contributed by atoms with Crippen LogP contribution in [-0.4, -0.2) is 45.2 Å². The molecule has 0 aliphatic carbocycles. The van der Waals surface area contributed by atoms with Crippen LogP contribution in [0.5, 0.6) is 0 Å². The zero-order valence-electron chi connectivity index (χ0n) is 14.8. The Hall–Kier alpha value is -2.67. The second kappa shape index (κ2) is 7.94. The summed E-state index contributed by atoms with van der Waals surface area (Å²) in [4.78, 5) is 31.0. The number of rotatable bonds is 5. The number of aromatic nitrogens is 1. The first-order valence-electron chi connectivity index (χ1n) is 7.51. The van der Waals surface area contributed by atoms with Crippen LogP contribution in [0.4, 0.5) is 5.13 Å². The first kappa shape index (κ1) is 18.7. The van der Waals surface area contributed by atoms with E-state index in [0.29, 0.717) is 15.7 Å². The van der Waals surface area contributed by atoms with Gasteiger partial charge in [0.2, 0.25) is 0 Å². The van der Waals surface area contributed by atoms with Crippen molar-refractivity contribution in [1.29, 1.82) is 0 Å². The number of benzene rings is 1. The van der Waals surface area contributed by atoms with Crippen LogP contribution >= 0.6 is 11.3 Å². The fraction of sp³-hybridized carbons (Fsp3) is 0.278. The Morgan fingerprint density at radius 2 is 1.76 bits per heavy atom. The van der Waals surface area contributed by atoms with Crippen LogP contribution in [0.15, 0.2) is 30.3 Å². The summed E-state index contributed by atoms with van der Waals surface area (Å²) < 4.78 is 9.51. The van der Waals surface area contributed by atoms with E-state index < -0.39 is 11.9 Å². The minimum Gasteiger partial charge on any atom is -0.466 e. The van der Waals surface area contributed by atoms with Gasteiger partial charge >= 0.3 is 11.9 Å². The molecule has 0 atom stereocenters. The zero-order valence-corrected chi connectivity index (χ0v) is 15.6. The van der Waals surface area contributed by atoms with Crippen LogP contribution in [-0.2, 0) is 19.1 Å². The standard InChI is InChI=1S/C18H20N2O4S/c1-11-6-8-12(9-7-11)15-16(25-18(19-15)20(2)3)13(17(22)24-5)10-14(21)23-4/h6-10H,1-5H3/b13-10+. The van der Waals surface area contributed by atoms with E-state index in [9.17, 15) is 9.59 Å². The first-order valence-corrected chi connectivity index (χ1v) is 8.32. The summed E-state index contributed by atoms with van der Waals surface area (Å²) in [5.74, 6) is -1.25. The molecule has 0 radical (unpaired) electrons. The molecule has 7 heteroatoms. The number of nitrogens with zero attached hydrogens (tertiary/aromatic N) is 2.